The third-order valence-electron chi connectivity index (χ3n) is 5.93. The predicted octanol–water partition coefficient (Wildman–Crippen LogP) is 2.75. The Morgan fingerprint density at radius 3 is 2.69 bits per heavy atom. The summed E-state index contributed by atoms with van der Waals surface area (Å²) in [6.07, 6.45) is 4.26. The Morgan fingerprint density at radius 1 is 1.38 bits per heavy atom. The number of hydrogen-bond donors (Lipinski definition) is 2. The molecular formula is C19H25F2N5O2S. The van der Waals surface area contributed by atoms with Crippen molar-refractivity contribution in [2.75, 3.05) is 31.3 Å². The zero-order chi connectivity index (χ0) is 20.6. The van der Waals surface area contributed by atoms with Crippen LogP contribution in [0.25, 0.3) is 11.0 Å². The number of alkyl halides is 2. The van der Waals surface area contributed by atoms with Gasteiger partial charge in [-0.25, -0.2) is 13.8 Å². The van der Waals surface area contributed by atoms with Gasteiger partial charge in [-0.15, -0.1) is 0 Å². The molecule has 1 aliphatic carbocycles. The Hall–Kier alpha value is -1.78. The second kappa shape index (κ2) is 8.16. The molecule has 2 N–H and O–H groups in total. The quantitative estimate of drug-likeness (QED) is 0.660. The lowest BCUT2D eigenvalue weighted by atomic mass is 10.1. The number of anilines is 1. The minimum atomic E-state index is -2.87. The third-order valence-corrected chi connectivity index (χ3v) is 6.81. The highest BCUT2D eigenvalue weighted by Gasteiger charge is 2.46. The van der Waals surface area contributed by atoms with Crippen LogP contribution < -0.4 is 10.9 Å². The van der Waals surface area contributed by atoms with Gasteiger partial charge in [0.1, 0.15) is 5.65 Å². The summed E-state index contributed by atoms with van der Waals surface area (Å²) >= 11 is 1.73. The molecule has 0 aromatic carbocycles. The van der Waals surface area contributed by atoms with Crippen molar-refractivity contribution >= 4 is 28.9 Å². The van der Waals surface area contributed by atoms with E-state index in [-0.39, 0.29) is 12.6 Å². The van der Waals surface area contributed by atoms with E-state index < -0.39 is 23.1 Å². The molecule has 2 aromatic rings. The Morgan fingerprint density at radius 2 is 2.10 bits per heavy atom. The van der Waals surface area contributed by atoms with Crippen LogP contribution in [0.3, 0.4) is 0 Å². The highest BCUT2D eigenvalue weighted by molar-refractivity contribution is 7.96. The third kappa shape index (κ3) is 3.97. The number of nitrogens with one attached hydrogen (secondary N) is 1. The minimum Gasteiger partial charge on any atom is -0.396 e. The van der Waals surface area contributed by atoms with Crippen LogP contribution in [0.5, 0.6) is 0 Å². The van der Waals surface area contributed by atoms with Gasteiger partial charge in [0.2, 0.25) is 5.95 Å². The molecular weight excluding hydrogens is 400 g/mol. The number of aromatic nitrogens is 3. The van der Waals surface area contributed by atoms with Crippen molar-refractivity contribution < 1.29 is 13.9 Å². The standard InChI is InChI=1S/C19H25F2N5O2S/c1-29-25-7-2-13(3-8-25)23-18-22-11-12-10-14(15(20)21)17(28)26(16(12)24-18)19(4-5-19)6-9-27/h10-11,13,15,27H,2-9H2,1H3,(H,22,23,24). The highest BCUT2D eigenvalue weighted by Crippen LogP contribution is 2.47. The van der Waals surface area contributed by atoms with Crippen LogP contribution in [0, 0.1) is 0 Å². The molecule has 0 amide bonds. The fourth-order valence-electron chi connectivity index (χ4n) is 4.09. The van der Waals surface area contributed by atoms with Crippen LogP contribution in [0.4, 0.5) is 14.7 Å². The zero-order valence-electron chi connectivity index (χ0n) is 16.3. The van der Waals surface area contributed by atoms with Gasteiger partial charge in [-0.2, -0.15) is 4.98 Å². The summed E-state index contributed by atoms with van der Waals surface area (Å²) in [5, 5.41) is 13.2. The maximum atomic E-state index is 13.5. The van der Waals surface area contributed by atoms with E-state index in [2.05, 4.69) is 25.8 Å². The number of pyridine rings is 1. The summed E-state index contributed by atoms with van der Waals surface area (Å²) in [7, 11) is 0. The Balaban J connectivity index is 1.72. The van der Waals surface area contributed by atoms with E-state index in [1.807, 2.05) is 0 Å². The average molecular weight is 426 g/mol. The van der Waals surface area contributed by atoms with E-state index in [4.69, 9.17) is 0 Å². The molecule has 4 rings (SSSR count). The molecule has 0 bridgehead atoms. The van der Waals surface area contributed by atoms with Gasteiger partial charge in [0.25, 0.3) is 12.0 Å². The molecule has 2 aliphatic rings. The molecule has 7 nitrogen and oxygen atoms in total. The van der Waals surface area contributed by atoms with Crippen molar-refractivity contribution in [1.29, 1.82) is 0 Å². The van der Waals surface area contributed by atoms with Crippen LogP contribution in [0.2, 0.25) is 0 Å². The Bertz CT molecular complexity index is 942. The molecule has 1 aliphatic heterocycles. The molecule has 158 valence electrons. The molecule has 0 unspecified atom stereocenters. The molecule has 3 heterocycles. The lowest BCUT2D eigenvalue weighted by molar-refractivity contribution is 0.148. The number of hydrogen-bond acceptors (Lipinski definition) is 7. The zero-order valence-corrected chi connectivity index (χ0v) is 17.1. The molecule has 10 heteroatoms. The molecule has 1 saturated heterocycles. The predicted molar refractivity (Wildman–Crippen MR) is 109 cm³/mol. The second-order valence-corrected chi connectivity index (χ2v) is 8.62. The molecule has 1 saturated carbocycles. The minimum absolute atomic E-state index is 0.114. The van der Waals surface area contributed by atoms with Gasteiger partial charge in [0.15, 0.2) is 0 Å². The highest BCUT2D eigenvalue weighted by atomic mass is 32.2. The maximum absolute atomic E-state index is 13.5. The lowest BCUT2D eigenvalue weighted by Crippen LogP contribution is -2.36. The van der Waals surface area contributed by atoms with E-state index in [1.165, 1.54) is 16.8 Å². The van der Waals surface area contributed by atoms with E-state index in [9.17, 15) is 18.7 Å². The second-order valence-electron chi connectivity index (χ2n) is 7.74. The summed E-state index contributed by atoms with van der Waals surface area (Å²) in [5.74, 6) is 0.401. The molecule has 2 fully saturated rings. The van der Waals surface area contributed by atoms with E-state index >= 15 is 0 Å². The average Bonchev–Trinajstić information content (AvgIpc) is 3.48. The SMILES string of the molecule is CSN1CCC(Nc2ncc3cc(C(F)F)c(=O)n(C4(CCO)CC4)c3n2)CC1. The van der Waals surface area contributed by atoms with Gasteiger partial charge in [-0.1, -0.05) is 11.9 Å². The Kier molecular flexibility index (Phi) is 5.76. The van der Waals surface area contributed by atoms with Crippen LogP contribution in [-0.2, 0) is 5.54 Å². The van der Waals surface area contributed by atoms with Crippen molar-refractivity contribution in [3.8, 4) is 0 Å². The van der Waals surface area contributed by atoms with Gasteiger partial charge in [0.05, 0.1) is 11.1 Å². The van der Waals surface area contributed by atoms with Gasteiger partial charge < -0.3 is 10.4 Å². The number of aliphatic hydroxyl groups excluding tert-OH is 1. The summed E-state index contributed by atoms with van der Waals surface area (Å²) in [6.45, 7) is 1.82. The van der Waals surface area contributed by atoms with Crippen molar-refractivity contribution in [3.63, 3.8) is 0 Å². The van der Waals surface area contributed by atoms with Crippen LogP contribution in [0.15, 0.2) is 17.1 Å². The van der Waals surface area contributed by atoms with Crippen LogP contribution >= 0.6 is 11.9 Å². The normalized spacial score (nSPS) is 19.8. The van der Waals surface area contributed by atoms with Crippen molar-refractivity contribution in [3.05, 3.63) is 28.2 Å². The Labute approximate surface area is 171 Å². The first kappa shape index (κ1) is 20.5. The maximum Gasteiger partial charge on any atom is 0.269 e. The first-order chi connectivity index (χ1) is 14.0. The topological polar surface area (TPSA) is 83.3 Å². The number of rotatable bonds is 7. The van der Waals surface area contributed by atoms with Gasteiger partial charge in [0, 0.05) is 37.3 Å². The van der Waals surface area contributed by atoms with E-state index in [1.54, 1.807) is 11.9 Å². The number of fused-ring (bicyclic) bond motifs is 1. The number of halogens is 2. The summed E-state index contributed by atoms with van der Waals surface area (Å²) < 4.78 is 30.6. The van der Waals surface area contributed by atoms with Gasteiger partial charge >= 0.3 is 0 Å². The van der Waals surface area contributed by atoms with Crippen molar-refractivity contribution in [1.82, 2.24) is 18.8 Å². The van der Waals surface area contributed by atoms with Crippen molar-refractivity contribution in [2.24, 2.45) is 0 Å². The van der Waals surface area contributed by atoms with Crippen LogP contribution in [-0.4, -0.2) is 55.9 Å². The van der Waals surface area contributed by atoms with E-state index in [0.29, 0.717) is 36.2 Å². The number of aliphatic hydroxyl groups is 1. The smallest absolute Gasteiger partial charge is 0.269 e. The van der Waals surface area contributed by atoms with Crippen LogP contribution in [0.1, 0.15) is 44.1 Å². The number of nitrogens with zero attached hydrogens (tertiary/aromatic N) is 4. The molecule has 0 spiro atoms. The van der Waals surface area contributed by atoms with E-state index in [0.717, 1.165) is 25.9 Å². The van der Waals surface area contributed by atoms with Crippen molar-refractivity contribution in [2.45, 2.75) is 50.1 Å². The summed E-state index contributed by atoms with van der Waals surface area (Å²) in [4.78, 5) is 21.7. The van der Waals surface area contributed by atoms with Gasteiger partial charge in [-0.3, -0.25) is 13.7 Å². The number of piperidine rings is 1. The molecule has 0 radical (unpaired) electrons. The first-order valence-electron chi connectivity index (χ1n) is 9.85. The monoisotopic (exact) mass is 425 g/mol. The summed E-state index contributed by atoms with van der Waals surface area (Å²) in [6, 6.07) is 1.41. The molecule has 29 heavy (non-hydrogen) atoms. The molecule has 2 aromatic heterocycles. The first-order valence-corrected chi connectivity index (χ1v) is 11.0. The van der Waals surface area contributed by atoms with Gasteiger partial charge in [-0.05, 0) is 44.4 Å². The lowest BCUT2D eigenvalue weighted by Gasteiger charge is -2.30. The fraction of sp³-hybridized carbons (Fsp3) is 0.632. The molecule has 0 atom stereocenters. The largest absolute Gasteiger partial charge is 0.396 e. The fourth-order valence-corrected chi connectivity index (χ4v) is 4.66. The summed E-state index contributed by atoms with van der Waals surface area (Å²) in [5.41, 5.74) is -1.55.